The van der Waals surface area contributed by atoms with Gasteiger partial charge in [-0.2, -0.15) is 0 Å². The second-order valence-electron chi connectivity index (χ2n) is 9.75. The van der Waals surface area contributed by atoms with Crippen LogP contribution in [-0.4, -0.2) is 81.3 Å². The average Bonchev–Trinajstić information content (AvgIpc) is 2.92. The Bertz CT molecular complexity index is 967. The smallest absolute Gasteiger partial charge is 0.222 e. The van der Waals surface area contributed by atoms with Gasteiger partial charge in [-0.15, -0.1) is 0 Å². The van der Waals surface area contributed by atoms with Gasteiger partial charge in [-0.1, -0.05) is 12.1 Å². The fraction of sp³-hybridized carbons (Fsp3) is 0.517. The van der Waals surface area contributed by atoms with Gasteiger partial charge in [-0.05, 0) is 93.4 Å². The summed E-state index contributed by atoms with van der Waals surface area (Å²) >= 11 is 0. The summed E-state index contributed by atoms with van der Waals surface area (Å²) in [6.07, 6.45) is 5.43. The molecule has 0 fully saturated rings. The molecule has 10 nitrogen and oxygen atoms in total. The van der Waals surface area contributed by atoms with Gasteiger partial charge in [0.2, 0.25) is 11.8 Å². The maximum atomic E-state index is 12.9. The minimum Gasteiger partial charge on any atom is -0.504 e. The number of nitrogens with two attached hydrogens (primary N) is 2. The number of phenols is 4. The summed E-state index contributed by atoms with van der Waals surface area (Å²) < 4.78 is 0. The molecule has 0 heterocycles. The normalized spacial score (nSPS) is 10.9. The monoisotopic (exact) mass is 544 g/mol. The van der Waals surface area contributed by atoms with Crippen LogP contribution < -0.4 is 11.5 Å². The standard InChI is InChI=1S/C29H44N4O6/c30-14-4-18-32(28(38)12-8-22-6-10-24(34)26(36)20-22)16-2-1-3-17-33(19-5-15-31)29(39)13-9-23-7-11-25(35)27(37)21-23/h6-7,10-11,20-21,34-37H,1-5,8-9,12-19,30-31H2. The lowest BCUT2D eigenvalue weighted by atomic mass is 10.1. The maximum Gasteiger partial charge on any atom is 0.222 e. The van der Waals surface area contributed by atoms with Crippen LogP contribution in [0.3, 0.4) is 0 Å². The molecule has 0 atom stereocenters. The molecule has 2 aromatic carbocycles. The van der Waals surface area contributed by atoms with Crippen LogP contribution in [0, 0.1) is 0 Å². The van der Waals surface area contributed by atoms with E-state index in [0.717, 1.165) is 30.4 Å². The van der Waals surface area contributed by atoms with Crippen LogP contribution in [0.2, 0.25) is 0 Å². The molecule has 0 bridgehead atoms. The molecule has 0 unspecified atom stereocenters. The van der Waals surface area contributed by atoms with Crippen LogP contribution in [-0.2, 0) is 22.4 Å². The Kier molecular flexibility index (Phi) is 14.0. The lowest BCUT2D eigenvalue weighted by Gasteiger charge is -2.24. The van der Waals surface area contributed by atoms with Crippen LogP contribution in [0.25, 0.3) is 0 Å². The number of benzene rings is 2. The first-order valence-corrected chi connectivity index (χ1v) is 13.7. The Hall–Kier alpha value is -3.50. The first-order valence-electron chi connectivity index (χ1n) is 13.7. The van der Waals surface area contributed by atoms with Crippen molar-refractivity contribution >= 4 is 11.8 Å². The van der Waals surface area contributed by atoms with Crippen molar-refractivity contribution in [3.05, 3.63) is 47.5 Å². The van der Waals surface area contributed by atoms with Gasteiger partial charge >= 0.3 is 0 Å². The third-order valence-electron chi connectivity index (χ3n) is 6.66. The second kappa shape index (κ2) is 17.2. The van der Waals surface area contributed by atoms with Crippen molar-refractivity contribution in [1.29, 1.82) is 0 Å². The molecule has 39 heavy (non-hydrogen) atoms. The quantitative estimate of drug-likeness (QED) is 0.123. The fourth-order valence-electron chi connectivity index (χ4n) is 4.34. The fourth-order valence-corrected chi connectivity index (χ4v) is 4.34. The number of nitrogens with zero attached hydrogens (tertiary/aromatic N) is 2. The van der Waals surface area contributed by atoms with Crippen molar-refractivity contribution in [2.45, 2.75) is 57.8 Å². The molecule has 0 aliphatic rings. The highest BCUT2D eigenvalue weighted by Gasteiger charge is 2.16. The first-order chi connectivity index (χ1) is 18.7. The SMILES string of the molecule is NCCCN(CCCCCN(CCCN)C(=O)CCc1ccc(O)c(O)c1)C(=O)CCc1ccc(O)c(O)c1. The molecule has 216 valence electrons. The molecule has 0 aliphatic heterocycles. The number of phenolic OH excluding ortho intramolecular Hbond substituents is 4. The van der Waals surface area contributed by atoms with Crippen LogP contribution in [0.5, 0.6) is 23.0 Å². The molecule has 0 aliphatic carbocycles. The van der Waals surface area contributed by atoms with Crippen molar-refractivity contribution in [3.63, 3.8) is 0 Å². The van der Waals surface area contributed by atoms with Gasteiger partial charge in [0.25, 0.3) is 0 Å². The van der Waals surface area contributed by atoms with Gasteiger partial charge in [0.1, 0.15) is 0 Å². The van der Waals surface area contributed by atoms with E-state index in [0.29, 0.717) is 77.8 Å². The Labute approximate surface area is 230 Å². The molecule has 2 rings (SSSR count). The lowest BCUT2D eigenvalue weighted by Crippen LogP contribution is -2.35. The van der Waals surface area contributed by atoms with Gasteiger partial charge < -0.3 is 41.7 Å². The number of amides is 2. The van der Waals surface area contributed by atoms with Gasteiger partial charge in [0.15, 0.2) is 23.0 Å². The van der Waals surface area contributed by atoms with Crippen molar-refractivity contribution in [1.82, 2.24) is 9.80 Å². The van der Waals surface area contributed by atoms with Crippen molar-refractivity contribution in [2.75, 3.05) is 39.3 Å². The van der Waals surface area contributed by atoms with Crippen molar-refractivity contribution in [2.24, 2.45) is 11.5 Å². The van der Waals surface area contributed by atoms with Crippen LogP contribution in [0.1, 0.15) is 56.1 Å². The van der Waals surface area contributed by atoms with Crippen molar-refractivity contribution < 1.29 is 30.0 Å². The number of rotatable bonds is 18. The van der Waals surface area contributed by atoms with E-state index in [1.54, 1.807) is 12.1 Å². The van der Waals surface area contributed by atoms with Crippen LogP contribution in [0.15, 0.2) is 36.4 Å². The van der Waals surface area contributed by atoms with E-state index in [4.69, 9.17) is 11.5 Å². The largest absolute Gasteiger partial charge is 0.504 e. The molecule has 0 radical (unpaired) electrons. The average molecular weight is 545 g/mol. The zero-order chi connectivity index (χ0) is 28.6. The maximum absolute atomic E-state index is 12.9. The third kappa shape index (κ3) is 11.4. The Balaban J connectivity index is 1.80. The van der Waals surface area contributed by atoms with Gasteiger partial charge in [0.05, 0.1) is 0 Å². The van der Waals surface area contributed by atoms with Gasteiger partial charge in [0, 0.05) is 39.0 Å². The molecule has 0 saturated carbocycles. The highest BCUT2D eigenvalue weighted by Crippen LogP contribution is 2.26. The number of aryl methyl sites for hydroxylation is 2. The summed E-state index contributed by atoms with van der Waals surface area (Å²) in [6.45, 7) is 3.39. The molecule has 2 amide bonds. The summed E-state index contributed by atoms with van der Waals surface area (Å²) in [5, 5.41) is 38.3. The molecule has 8 N–H and O–H groups in total. The van der Waals surface area contributed by atoms with E-state index in [1.807, 2.05) is 9.80 Å². The number of hydrogen-bond acceptors (Lipinski definition) is 8. The first kappa shape index (κ1) is 31.7. The molecular formula is C29H44N4O6. The zero-order valence-corrected chi connectivity index (χ0v) is 22.7. The molecule has 0 saturated heterocycles. The highest BCUT2D eigenvalue weighted by atomic mass is 16.3. The number of carbonyl (C=O) groups excluding carboxylic acids is 2. The number of carbonyl (C=O) groups is 2. The topological polar surface area (TPSA) is 174 Å². The summed E-state index contributed by atoms with van der Waals surface area (Å²) in [5.41, 5.74) is 12.9. The predicted octanol–water partition coefficient (Wildman–Crippen LogP) is 2.60. The van der Waals surface area contributed by atoms with E-state index in [9.17, 15) is 30.0 Å². The summed E-state index contributed by atoms with van der Waals surface area (Å²) in [5.74, 6) is -0.713. The number of hydrogen-bond donors (Lipinski definition) is 6. The number of aromatic hydroxyl groups is 4. The highest BCUT2D eigenvalue weighted by molar-refractivity contribution is 5.77. The van der Waals surface area contributed by atoms with Crippen molar-refractivity contribution in [3.8, 4) is 23.0 Å². The minimum absolute atomic E-state index is 0.0241. The Morgan fingerprint density at radius 3 is 1.31 bits per heavy atom. The zero-order valence-electron chi connectivity index (χ0n) is 22.7. The molecule has 2 aromatic rings. The van der Waals surface area contributed by atoms with E-state index < -0.39 is 0 Å². The number of unbranched alkanes of at least 4 members (excludes halogenated alkanes) is 2. The van der Waals surface area contributed by atoms with E-state index in [1.165, 1.54) is 24.3 Å². The van der Waals surface area contributed by atoms with E-state index in [-0.39, 0.29) is 34.8 Å². The molecule has 0 spiro atoms. The second-order valence-corrected chi connectivity index (χ2v) is 9.75. The minimum atomic E-state index is -0.196. The lowest BCUT2D eigenvalue weighted by molar-refractivity contribution is -0.131. The van der Waals surface area contributed by atoms with Gasteiger partial charge in [-0.25, -0.2) is 0 Å². The van der Waals surface area contributed by atoms with E-state index in [2.05, 4.69) is 0 Å². The summed E-state index contributed by atoms with van der Waals surface area (Å²) in [6, 6.07) is 9.16. The summed E-state index contributed by atoms with van der Waals surface area (Å²) in [4.78, 5) is 29.4. The van der Waals surface area contributed by atoms with E-state index >= 15 is 0 Å². The Morgan fingerprint density at radius 2 is 0.949 bits per heavy atom. The van der Waals surface area contributed by atoms with Crippen LogP contribution >= 0.6 is 0 Å². The Morgan fingerprint density at radius 1 is 0.564 bits per heavy atom. The predicted molar refractivity (Wildman–Crippen MR) is 151 cm³/mol. The third-order valence-corrected chi connectivity index (χ3v) is 6.66. The van der Waals surface area contributed by atoms with Gasteiger partial charge in [-0.3, -0.25) is 9.59 Å². The summed E-state index contributed by atoms with van der Waals surface area (Å²) in [7, 11) is 0. The van der Waals surface area contributed by atoms with Crippen LogP contribution in [0.4, 0.5) is 0 Å². The molecule has 10 heteroatoms. The molecule has 0 aromatic heterocycles. The molecular weight excluding hydrogens is 500 g/mol.